The van der Waals surface area contributed by atoms with Gasteiger partial charge in [-0.3, -0.25) is 4.79 Å². The van der Waals surface area contributed by atoms with Crippen molar-refractivity contribution in [3.8, 4) is 0 Å². The molecular weight excluding hydrogens is 294 g/mol. The second kappa shape index (κ2) is 9.24. The minimum atomic E-state index is -1.29. The van der Waals surface area contributed by atoms with Crippen molar-refractivity contribution in [1.29, 1.82) is 0 Å². The predicted molar refractivity (Wildman–Crippen MR) is 79.6 cm³/mol. The number of carboxylic acid groups (broad SMARTS) is 2. The molecule has 0 aromatic rings. The first kappa shape index (κ1) is 22.5. The van der Waals surface area contributed by atoms with Gasteiger partial charge < -0.3 is 25.4 Å². The summed E-state index contributed by atoms with van der Waals surface area (Å²) in [5.41, 5.74) is -1.24. The predicted octanol–water partition coefficient (Wildman–Crippen LogP) is 1.61. The summed E-state index contributed by atoms with van der Waals surface area (Å²) in [6.45, 7) is 10.1. The summed E-state index contributed by atoms with van der Waals surface area (Å²) in [4.78, 5) is 32.3. The zero-order valence-corrected chi connectivity index (χ0v) is 14.0. The molecule has 0 rings (SSSR count). The van der Waals surface area contributed by atoms with Crippen molar-refractivity contribution >= 4 is 18.0 Å². The van der Waals surface area contributed by atoms with Gasteiger partial charge in [0.25, 0.3) is 0 Å². The molecule has 8 nitrogen and oxygen atoms in total. The van der Waals surface area contributed by atoms with E-state index in [9.17, 15) is 14.4 Å². The van der Waals surface area contributed by atoms with Gasteiger partial charge in [0.2, 0.25) is 0 Å². The summed E-state index contributed by atoms with van der Waals surface area (Å²) < 4.78 is 4.86. The SMILES string of the molecule is CC(C)(C)O.CC(C)(C)OC(=O)N[C@@H](CCC(=O)O)C(=O)O. The molecule has 8 heteroatoms. The number of hydrogen-bond acceptors (Lipinski definition) is 5. The smallest absolute Gasteiger partial charge is 0.408 e. The highest BCUT2D eigenvalue weighted by Crippen LogP contribution is 2.07. The summed E-state index contributed by atoms with van der Waals surface area (Å²) in [5.74, 6) is -2.42. The van der Waals surface area contributed by atoms with E-state index >= 15 is 0 Å². The lowest BCUT2D eigenvalue weighted by atomic mass is 10.1. The maximum Gasteiger partial charge on any atom is 0.408 e. The molecular formula is C14H27NO7. The molecule has 0 aliphatic carbocycles. The van der Waals surface area contributed by atoms with E-state index < -0.39 is 35.3 Å². The maximum atomic E-state index is 11.3. The molecule has 0 aliphatic rings. The Morgan fingerprint density at radius 1 is 1.05 bits per heavy atom. The van der Waals surface area contributed by atoms with Crippen molar-refractivity contribution in [3.05, 3.63) is 0 Å². The zero-order valence-electron chi connectivity index (χ0n) is 14.0. The van der Waals surface area contributed by atoms with Gasteiger partial charge in [0.1, 0.15) is 11.6 Å². The molecule has 0 saturated carbocycles. The normalized spacial score (nSPS) is 12.5. The molecule has 22 heavy (non-hydrogen) atoms. The molecule has 130 valence electrons. The van der Waals surface area contributed by atoms with Gasteiger partial charge >= 0.3 is 18.0 Å². The lowest BCUT2D eigenvalue weighted by Crippen LogP contribution is -2.43. The molecule has 0 saturated heterocycles. The van der Waals surface area contributed by atoms with Crippen LogP contribution in [0.15, 0.2) is 0 Å². The molecule has 0 bridgehead atoms. The number of aliphatic hydroxyl groups is 1. The Hall–Kier alpha value is -1.83. The molecule has 0 unspecified atom stereocenters. The summed E-state index contributed by atoms with van der Waals surface area (Å²) in [5, 5.41) is 27.8. The van der Waals surface area contributed by atoms with Crippen molar-refractivity contribution in [3.63, 3.8) is 0 Å². The number of rotatable bonds is 5. The minimum Gasteiger partial charge on any atom is -0.481 e. The average molecular weight is 321 g/mol. The van der Waals surface area contributed by atoms with E-state index in [0.29, 0.717) is 0 Å². The molecule has 1 amide bonds. The van der Waals surface area contributed by atoms with E-state index in [0.717, 1.165) is 0 Å². The van der Waals surface area contributed by atoms with Crippen molar-refractivity contribution in [1.82, 2.24) is 5.32 Å². The summed E-state index contributed by atoms with van der Waals surface area (Å²) in [6.07, 6.45) is -1.41. The number of alkyl carbamates (subject to hydrolysis) is 1. The Morgan fingerprint density at radius 3 is 1.73 bits per heavy atom. The van der Waals surface area contributed by atoms with Crippen LogP contribution >= 0.6 is 0 Å². The monoisotopic (exact) mass is 321 g/mol. The van der Waals surface area contributed by atoms with Gasteiger partial charge in [-0.25, -0.2) is 9.59 Å². The molecule has 0 fully saturated rings. The van der Waals surface area contributed by atoms with Crippen LogP contribution in [-0.4, -0.2) is 50.6 Å². The Bertz CT molecular complexity index is 374. The number of ether oxygens (including phenoxy) is 1. The van der Waals surface area contributed by atoms with Crippen LogP contribution in [0.5, 0.6) is 0 Å². The Balaban J connectivity index is 0. The quantitative estimate of drug-likeness (QED) is 0.604. The van der Waals surface area contributed by atoms with E-state index in [-0.39, 0.29) is 12.8 Å². The third-order valence-corrected chi connectivity index (χ3v) is 1.64. The molecule has 0 aromatic heterocycles. The van der Waals surface area contributed by atoms with Crippen LogP contribution in [0, 0.1) is 0 Å². The Kier molecular flexibility index (Phi) is 9.43. The van der Waals surface area contributed by atoms with Crippen molar-refractivity contribution in [2.45, 2.75) is 71.6 Å². The highest BCUT2D eigenvalue weighted by molar-refractivity contribution is 5.80. The molecule has 0 heterocycles. The second-order valence-electron chi connectivity index (χ2n) is 6.64. The highest BCUT2D eigenvalue weighted by Gasteiger charge is 2.24. The Morgan fingerprint density at radius 2 is 1.45 bits per heavy atom. The summed E-state index contributed by atoms with van der Waals surface area (Å²) in [6, 6.07) is -1.26. The average Bonchev–Trinajstić information content (AvgIpc) is 2.18. The van der Waals surface area contributed by atoms with Gasteiger partial charge in [-0.05, 0) is 48.0 Å². The second-order valence-corrected chi connectivity index (χ2v) is 6.64. The maximum absolute atomic E-state index is 11.3. The number of amides is 1. The topological polar surface area (TPSA) is 133 Å². The van der Waals surface area contributed by atoms with E-state index in [4.69, 9.17) is 20.1 Å². The van der Waals surface area contributed by atoms with Gasteiger partial charge in [0, 0.05) is 6.42 Å². The largest absolute Gasteiger partial charge is 0.481 e. The molecule has 0 radical (unpaired) electrons. The van der Waals surface area contributed by atoms with Gasteiger partial charge in [0.05, 0.1) is 5.60 Å². The number of carbonyl (C=O) groups is 3. The molecule has 0 aromatic carbocycles. The summed E-state index contributed by atoms with van der Waals surface area (Å²) in [7, 11) is 0. The van der Waals surface area contributed by atoms with Gasteiger partial charge in [0.15, 0.2) is 0 Å². The van der Waals surface area contributed by atoms with E-state index in [1.54, 1.807) is 41.5 Å². The van der Waals surface area contributed by atoms with E-state index in [2.05, 4.69) is 5.32 Å². The lowest BCUT2D eigenvalue weighted by Gasteiger charge is -2.21. The molecule has 1 atom stereocenters. The Labute approximate surface area is 130 Å². The van der Waals surface area contributed by atoms with Gasteiger partial charge in [-0.1, -0.05) is 0 Å². The fourth-order valence-electron chi connectivity index (χ4n) is 0.975. The van der Waals surface area contributed by atoms with Crippen LogP contribution in [-0.2, 0) is 14.3 Å². The number of aliphatic carboxylic acids is 2. The minimum absolute atomic E-state index is 0.191. The number of carbonyl (C=O) groups excluding carboxylic acids is 1. The first-order valence-electron chi connectivity index (χ1n) is 6.78. The van der Waals surface area contributed by atoms with Crippen LogP contribution < -0.4 is 5.32 Å². The standard InChI is InChI=1S/C10H17NO6.C4H10O/c1-10(2,3)17-9(16)11-6(8(14)15)4-5-7(12)13;1-4(2,3)5/h6H,4-5H2,1-3H3,(H,11,16)(H,12,13)(H,14,15);5H,1-3H3/t6-;/m0./s1. The van der Waals surface area contributed by atoms with Crippen LogP contribution in [0.1, 0.15) is 54.4 Å². The van der Waals surface area contributed by atoms with Crippen LogP contribution in [0.2, 0.25) is 0 Å². The highest BCUT2D eigenvalue weighted by atomic mass is 16.6. The summed E-state index contributed by atoms with van der Waals surface area (Å²) >= 11 is 0. The van der Waals surface area contributed by atoms with Crippen LogP contribution in [0.3, 0.4) is 0 Å². The van der Waals surface area contributed by atoms with Crippen LogP contribution in [0.25, 0.3) is 0 Å². The number of carboxylic acids is 2. The van der Waals surface area contributed by atoms with E-state index in [1.165, 1.54) is 0 Å². The number of nitrogens with one attached hydrogen (secondary N) is 1. The third kappa shape index (κ3) is 20.5. The van der Waals surface area contributed by atoms with Gasteiger partial charge in [-0.15, -0.1) is 0 Å². The molecule has 0 aliphatic heterocycles. The number of hydrogen-bond donors (Lipinski definition) is 4. The van der Waals surface area contributed by atoms with Crippen molar-refractivity contribution in [2.24, 2.45) is 0 Å². The van der Waals surface area contributed by atoms with Crippen LogP contribution in [0.4, 0.5) is 4.79 Å². The van der Waals surface area contributed by atoms with Gasteiger partial charge in [-0.2, -0.15) is 0 Å². The third-order valence-electron chi connectivity index (χ3n) is 1.64. The van der Waals surface area contributed by atoms with E-state index in [1.807, 2.05) is 0 Å². The lowest BCUT2D eigenvalue weighted by molar-refractivity contribution is -0.140. The fraction of sp³-hybridized carbons (Fsp3) is 0.786. The first-order valence-corrected chi connectivity index (χ1v) is 6.78. The van der Waals surface area contributed by atoms with Crippen molar-refractivity contribution in [2.75, 3.05) is 0 Å². The van der Waals surface area contributed by atoms with Crippen molar-refractivity contribution < 1.29 is 34.4 Å². The first-order chi connectivity index (χ1) is 9.61. The molecule has 4 N–H and O–H groups in total. The zero-order chi connectivity index (χ0) is 18.1. The fourth-order valence-corrected chi connectivity index (χ4v) is 0.975. The molecule has 0 spiro atoms.